The predicted molar refractivity (Wildman–Crippen MR) is 119 cm³/mol. The maximum Gasteiger partial charge on any atom is 0.338 e. The summed E-state index contributed by atoms with van der Waals surface area (Å²) in [5.41, 5.74) is 2.23. The number of nitrogens with zero attached hydrogens (tertiary/aromatic N) is 1. The number of aryl methyl sites for hydroxylation is 1. The highest BCUT2D eigenvalue weighted by Crippen LogP contribution is 2.25. The van der Waals surface area contributed by atoms with Crippen LogP contribution in [0.1, 0.15) is 57.5 Å². The molecule has 0 aliphatic carbocycles. The van der Waals surface area contributed by atoms with E-state index in [2.05, 4.69) is 5.32 Å². The van der Waals surface area contributed by atoms with Gasteiger partial charge in [-0.1, -0.05) is 25.0 Å². The van der Waals surface area contributed by atoms with Gasteiger partial charge < -0.3 is 10.1 Å². The molecule has 0 radical (unpaired) electrons. The number of hydrogen-bond acceptors (Lipinski definition) is 5. The molecule has 2 aromatic rings. The highest BCUT2D eigenvalue weighted by molar-refractivity contribution is 7.89. The lowest BCUT2D eigenvalue weighted by atomic mass is 10.1. The van der Waals surface area contributed by atoms with Gasteiger partial charge in [0.1, 0.15) is 0 Å². The van der Waals surface area contributed by atoms with E-state index in [1.54, 1.807) is 44.2 Å². The van der Waals surface area contributed by atoms with Gasteiger partial charge in [-0.2, -0.15) is 4.31 Å². The number of nitrogens with one attached hydrogen (secondary N) is 1. The Morgan fingerprint density at radius 3 is 2.32 bits per heavy atom. The van der Waals surface area contributed by atoms with Gasteiger partial charge in [0.05, 0.1) is 17.6 Å². The average molecular weight is 445 g/mol. The van der Waals surface area contributed by atoms with Crippen LogP contribution in [-0.2, 0) is 14.8 Å². The first-order chi connectivity index (χ1) is 14.8. The van der Waals surface area contributed by atoms with Crippen LogP contribution >= 0.6 is 0 Å². The largest absolute Gasteiger partial charge is 0.465 e. The average Bonchev–Trinajstić information content (AvgIpc) is 3.05. The molecule has 1 N–H and O–H groups in total. The molecule has 1 aliphatic rings. The number of carbonyl (C=O) groups is 2. The van der Waals surface area contributed by atoms with Crippen LogP contribution in [0.3, 0.4) is 0 Å². The first-order valence-electron chi connectivity index (χ1n) is 10.4. The van der Waals surface area contributed by atoms with Gasteiger partial charge in [0.2, 0.25) is 10.0 Å². The first kappa shape index (κ1) is 23.0. The Morgan fingerprint density at radius 2 is 1.68 bits per heavy atom. The van der Waals surface area contributed by atoms with Gasteiger partial charge in [0.25, 0.3) is 5.91 Å². The fraction of sp³-hybridized carbons (Fsp3) is 0.391. The number of rotatable bonds is 5. The van der Waals surface area contributed by atoms with Crippen molar-refractivity contribution in [2.45, 2.75) is 44.4 Å². The Balaban J connectivity index is 1.89. The summed E-state index contributed by atoms with van der Waals surface area (Å²) in [5, 5.41) is 2.78. The monoisotopic (exact) mass is 444 g/mol. The molecule has 0 atom stereocenters. The van der Waals surface area contributed by atoms with E-state index in [4.69, 9.17) is 4.74 Å². The number of esters is 1. The van der Waals surface area contributed by atoms with E-state index in [0.29, 0.717) is 35.5 Å². The van der Waals surface area contributed by atoms with Crippen LogP contribution in [0.15, 0.2) is 41.3 Å². The fourth-order valence-corrected chi connectivity index (χ4v) is 5.50. The fourth-order valence-electron chi connectivity index (χ4n) is 3.74. The molecule has 166 valence electrons. The van der Waals surface area contributed by atoms with Gasteiger partial charge in [0, 0.05) is 24.3 Å². The Bertz CT molecular complexity index is 1090. The quantitative estimate of drug-likeness (QED) is 0.706. The highest BCUT2D eigenvalue weighted by atomic mass is 32.2. The van der Waals surface area contributed by atoms with Crippen molar-refractivity contribution in [2.24, 2.45) is 0 Å². The summed E-state index contributed by atoms with van der Waals surface area (Å²) >= 11 is 0. The molecule has 1 amide bonds. The van der Waals surface area contributed by atoms with Crippen molar-refractivity contribution in [2.75, 3.05) is 25.5 Å². The van der Waals surface area contributed by atoms with Crippen LogP contribution < -0.4 is 5.32 Å². The second kappa shape index (κ2) is 9.62. The summed E-state index contributed by atoms with van der Waals surface area (Å²) in [6.07, 6.45) is 3.73. The van der Waals surface area contributed by atoms with Crippen LogP contribution in [0.4, 0.5) is 5.69 Å². The minimum atomic E-state index is -3.68. The van der Waals surface area contributed by atoms with Crippen LogP contribution in [0.2, 0.25) is 0 Å². The summed E-state index contributed by atoms with van der Waals surface area (Å²) in [6, 6.07) is 9.64. The van der Waals surface area contributed by atoms with Gasteiger partial charge in [-0.3, -0.25) is 4.79 Å². The second-order valence-electron chi connectivity index (χ2n) is 7.72. The lowest BCUT2D eigenvalue weighted by molar-refractivity contribution is 0.0599. The lowest BCUT2D eigenvalue weighted by Gasteiger charge is -2.21. The molecule has 0 spiro atoms. The van der Waals surface area contributed by atoms with Gasteiger partial charge in [0.15, 0.2) is 0 Å². The first-order valence-corrected chi connectivity index (χ1v) is 11.8. The smallest absolute Gasteiger partial charge is 0.338 e. The Morgan fingerprint density at radius 1 is 1.00 bits per heavy atom. The minimum absolute atomic E-state index is 0.155. The zero-order valence-electron chi connectivity index (χ0n) is 18.1. The Hall–Kier alpha value is -2.71. The molecule has 0 unspecified atom stereocenters. The van der Waals surface area contributed by atoms with E-state index >= 15 is 0 Å². The molecule has 1 fully saturated rings. The number of sulfonamides is 1. The third-order valence-corrected chi connectivity index (χ3v) is 7.66. The van der Waals surface area contributed by atoms with Crippen molar-refractivity contribution in [1.82, 2.24) is 4.31 Å². The van der Waals surface area contributed by atoms with Gasteiger partial charge in [-0.05, 0) is 62.1 Å². The maximum absolute atomic E-state index is 13.2. The molecule has 3 rings (SSSR count). The number of benzene rings is 2. The maximum atomic E-state index is 13.2. The molecule has 8 heteroatoms. The number of methoxy groups -OCH3 is 1. The van der Waals surface area contributed by atoms with Crippen molar-refractivity contribution in [3.8, 4) is 0 Å². The van der Waals surface area contributed by atoms with Crippen LogP contribution in [0.25, 0.3) is 0 Å². The number of hydrogen-bond donors (Lipinski definition) is 1. The van der Waals surface area contributed by atoms with Crippen LogP contribution in [0.5, 0.6) is 0 Å². The van der Waals surface area contributed by atoms with E-state index in [-0.39, 0.29) is 10.5 Å². The normalized spacial score (nSPS) is 15.2. The van der Waals surface area contributed by atoms with Crippen molar-refractivity contribution < 1.29 is 22.7 Å². The predicted octanol–water partition coefficient (Wildman–Crippen LogP) is 3.91. The van der Waals surface area contributed by atoms with Crippen molar-refractivity contribution in [3.05, 3.63) is 58.7 Å². The Labute approximate surface area is 183 Å². The highest BCUT2D eigenvalue weighted by Gasteiger charge is 2.27. The zero-order chi connectivity index (χ0) is 22.6. The number of anilines is 1. The standard InChI is InChI=1S/C23H28N2O5S/c1-16-11-12-18(15-21(16)31(28,29)25-13-6-4-5-7-14-25)22(26)24-20-10-8-9-19(17(20)2)23(27)30-3/h8-12,15H,4-7,13-14H2,1-3H3,(H,24,26). The molecule has 7 nitrogen and oxygen atoms in total. The second-order valence-corrected chi connectivity index (χ2v) is 9.63. The van der Waals surface area contributed by atoms with E-state index in [9.17, 15) is 18.0 Å². The summed E-state index contributed by atoms with van der Waals surface area (Å²) < 4.78 is 32.8. The molecule has 1 saturated heterocycles. The molecule has 0 saturated carbocycles. The summed E-state index contributed by atoms with van der Waals surface area (Å²) in [6.45, 7) is 4.44. The van der Waals surface area contributed by atoms with Crippen molar-refractivity contribution in [3.63, 3.8) is 0 Å². The minimum Gasteiger partial charge on any atom is -0.465 e. The molecule has 2 aromatic carbocycles. The number of amides is 1. The van der Waals surface area contributed by atoms with E-state index in [1.165, 1.54) is 17.5 Å². The summed E-state index contributed by atoms with van der Waals surface area (Å²) in [4.78, 5) is 25.0. The van der Waals surface area contributed by atoms with E-state index in [1.807, 2.05) is 0 Å². The topological polar surface area (TPSA) is 92.8 Å². The summed E-state index contributed by atoms with van der Waals surface area (Å²) in [5.74, 6) is -0.938. The van der Waals surface area contributed by atoms with Crippen molar-refractivity contribution >= 4 is 27.6 Å². The Kier molecular flexibility index (Phi) is 7.12. The van der Waals surface area contributed by atoms with E-state index in [0.717, 1.165) is 25.7 Å². The third kappa shape index (κ3) is 4.97. The number of carbonyl (C=O) groups excluding carboxylic acids is 2. The zero-order valence-corrected chi connectivity index (χ0v) is 18.9. The van der Waals surface area contributed by atoms with Crippen LogP contribution in [-0.4, -0.2) is 44.8 Å². The molecule has 0 bridgehead atoms. The molecular formula is C23H28N2O5S. The molecular weight excluding hydrogens is 416 g/mol. The van der Waals surface area contributed by atoms with Gasteiger partial charge >= 0.3 is 5.97 Å². The SMILES string of the molecule is COC(=O)c1cccc(NC(=O)c2ccc(C)c(S(=O)(=O)N3CCCCCC3)c2)c1C. The van der Waals surface area contributed by atoms with Crippen LogP contribution in [0, 0.1) is 13.8 Å². The molecule has 31 heavy (non-hydrogen) atoms. The lowest BCUT2D eigenvalue weighted by Crippen LogP contribution is -2.32. The third-order valence-electron chi connectivity index (χ3n) is 5.62. The molecule has 1 aliphatic heterocycles. The molecule has 0 aromatic heterocycles. The van der Waals surface area contributed by atoms with Gasteiger partial charge in [-0.15, -0.1) is 0 Å². The molecule has 1 heterocycles. The number of ether oxygens (including phenoxy) is 1. The summed E-state index contributed by atoms with van der Waals surface area (Å²) in [7, 11) is -2.39. The van der Waals surface area contributed by atoms with E-state index < -0.39 is 21.9 Å². The van der Waals surface area contributed by atoms with Gasteiger partial charge in [-0.25, -0.2) is 13.2 Å². The van der Waals surface area contributed by atoms with Crippen molar-refractivity contribution in [1.29, 1.82) is 0 Å².